The second-order valence-electron chi connectivity index (χ2n) is 6.33. The molecule has 9 nitrogen and oxygen atoms in total. The molecule has 1 aromatic heterocycles. The van der Waals surface area contributed by atoms with Crippen molar-refractivity contribution in [2.45, 2.75) is 32.4 Å². The van der Waals surface area contributed by atoms with Gasteiger partial charge in [-0.2, -0.15) is 0 Å². The van der Waals surface area contributed by atoms with Crippen molar-refractivity contribution in [2.24, 2.45) is 0 Å². The van der Waals surface area contributed by atoms with Crippen molar-refractivity contribution in [1.82, 2.24) is 14.8 Å². The molecule has 0 aromatic carbocycles. The summed E-state index contributed by atoms with van der Waals surface area (Å²) in [6.07, 6.45) is 0.905. The van der Waals surface area contributed by atoms with Crippen molar-refractivity contribution in [1.29, 1.82) is 0 Å². The van der Waals surface area contributed by atoms with Crippen LogP contribution in [0.4, 0.5) is 15.3 Å². The second kappa shape index (κ2) is 9.23. The van der Waals surface area contributed by atoms with E-state index >= 15 is 0 Å². The van der Waals surface area contributed by atoms with Crippen LogP contribution in [0.1, 0.15) is 20.3 Å². The number of carbonyl (C=O) groups is 2. The molecule has 0 radical (unpaired) electrons. The number of nitrogens with one attached hydrogen (secondary N) is 1. The first-order valence-corrected chi connectivity index (χ1v) is 8.58. The number of anilines is 1. The Hall–Kier alpha value is -2.55. The molecular weight excluding hydrogens is 340 g/mol. The molecule has 2 unspecified atom stereocenters. The third-order valence-electron chi connectivity index (χ3n) is 4.35. The van der Waals surface area contributed by atoms with Gasteiger partial charge < -0.3 is 19.5 Å². The van der Waals surface area contributed by atoms with Gasteiger partial charge in [-0.1, -0.05) is 0 Å². The Morgan fingerprint density at radius 3 is 2.54 bits per heavy atom. The van der Waals surface area contributed by atoms with Gasteiger partial charge >= 0.3 is 12.2 Å². The zero-order valence-electron chi connectivity index (χ0n) is 15.3. The molecule has 1 aliphatic heterocycles. The standard InChI is InChI=1S/C17H26N4O5/c1-12-10-20(17(23)24)11-13(2)21(12)7-4-8-26-15-6-5-14(9-18-15)19-16(22)25-3/h5-6,9,12-13H,4,7-8,10-11H2,1-3H3,(H,19,22)(H,23,24). The smallest absolute Gasteiger partial charge is 0.411 e. The SMILES string of the molecule is COC(=O)Nc1ccc(OCCCN2C(C)CN(C(=O)O)CC2C)nc1. The summed E-state index contributed by atoms with van der Waals surface area (Å²) >= 11 is 0. The van der Waals surface area contributed by atoms with Crippen molar-refractivity contribution >= 4 is 17.9 Å². The van der Waals surface area contributed by atoms with E-state index in [4.69, 9.17) is 9.84 Å². The first kappa shape index (κ1) is 19.8. The predicted octanol–water partition coefficient (Wildman–Crippen LogP) is 2.10. The molecule has 2 amide bonds. The fraction of sp³-hybridized carbons (Fsp3) is 0.588. The topological polar surface area (TPSA) is 104 Å². The number of ether oxygens (including phenoxy) is 2. The maximum atomic E-state index is 11.1. The Morgan fingerprint density at radius 1 is 1.31 bits per heavy atom. The number of nitrogens with zero attached hydrogens (tertiary/aromatic N) is 3. The molecule has 9 heteroatoms. The van der Waals surface area contributed by atoms with E-state index in [1.165, 1.54) is 18.2 Å². The fourth-order valence-corrected chi connectivity index (χ4v) is 3.09. The lowest BCUT2D eigenvalue weighted by Crippen LogP contribution is -2.58. The summed E-state index contributed by atoms with van der Waals surface area (Å²) in [6.45, 7) is 6.47. The van der Waals surface area contributed by atoms with Crippen molar-refractivity contribution < 1.29 is 24.2 Å². The van der Waals surface area contributed by atoms with E-state index in [9.17, 15) is 9.59 Å². The Labute approximate surface area is 152 Å². The Balaban J connectivity index is 1.73. The van der Waals surface area contributed by atoms with Crippen molar-refractivity contribution in [3.8, 4) is 5.88 Å². The Morgan fingerprint density at radius 2 is 2.00 bits per heavy atom. The molecule has 0 bridgehead atoms. The van der Waals surface area contributed by atoms with Crippen molar-refractivity contribution in [2.75, 3.05) is 38.7 Å². The van der Waals surface area contributed by atoms with E-state index in [0.717, 1.165) is 13.0 Å². The van der Waals surface area contributed by atoms with Crippen LogP contribution in [0, 0.1) is 0 Å². The van der Waals surface area contributed by atoms with Crippen LogP contribution in [0.25, 0.3) is 0 Å². The van der Waals surface area contributed by atoms with Gasteiger partial charge in [0.1, 0.15) is 0 Å². The molecule has 2 atom stereocenters. The van der Waals surface area contributed by atoms with Crippen LogP contribution in [-0.2, 0) is 4.74 Å². The molecular formula is C17H26N4O5. The molecule has 1 saturated heterocycles. The highest BCUT2D eigenvalue weighted by Crippen LogP contribution is 2.17. The first-order chi connectivity index (χ1) is 12.4. The monoisotopic (exact) mass is 366 g/mol. The third-order valence-corrected chi connectivity index (χ3v) is 4.35. The van der Waals surface area contributed by atoms with Gasteiger partial charge in [0.15, 0.2) is 0 Å². The fourth-order valence-electron chi connectivity index (χ4n) is 3.09. The summed E-state index contributed by atoms with van der Waals surface area (Å²) in [6, 6.07) is 3.73. The van der Waals surface area contributed by atoms with Crippen LogP contribution in [0.2, 0.25) is 0 Å². The Bertz CT molecular complexity index is 598. The number of carbonyl (C=O) groups excluding carboxylic acids is 1. The number of hydrogen-bond donors (Lipinski definition) is 2. The van der Waals surface area contributed by atoms with E-state index in [2.05, 4.69) is 19.9 Å². The van der Waals surface area contributed by atoms with Crippen LogP contribution >= 0.6 is 0 Å². The summed E-state index contributed by atoms with van der Waals surface area (Å²) in [5, 5.41) is 11.7. The highest BCUT2D eigenvalue weighted by Gasteiger charge is 2.31. The van der Waals surface area contributed by atoms with Crippen molar-refractivity contribution in [3.63, 3.8) is 0 Å². The van der Waals surface area contributed by atoms with Crippen LogP contribution in [0.15, 0.2) is 18.3 Å². The summed E-state index contributed by atoms with van der Waals surface area (Å²) in [5.41, 5.74) is 0.531. The molecule has 2 rings (SSSR count). The lowest BCUT2D eigenvalue weighted by Gasteiger charge is -2.43. The lowest BCUT2D eigenvalue weighted by molar-refractivity contribution is 0.0371. The highest BCUT2D eigenvalue weighted by molar-refractivity contribution is 5.84. The summed E-state index contributed by atoms with van der Waals surface area (Å²) in [5.74, 6) is 0.484. The van der Waals surface area contributed by atoms with Gasteiger partial charge in [0, 0.05) is 37.8 Å². The van der Waals surface area contributed by atoms with E-state index < -0.39 is 12.2 Å². The highest BCUT2D eigenvalue weighted by atomic mass is 16.5. The molecule has 1 fully saturated rings. The zero-order valence-corrected chi connectivity index (χ0v) is 15.3. The zero-order chi connectivity index (χ0) is 19.1. The number of methoxy groups -OCH3 is 1. The quantitative estimate of drug-likeness (QED) is 0.743. The predicted molar refractivity (Wildman–Crippen MR) is 95.6 cm³/mol. The molecule has 26 heavy (non-hydrogen) atoms. The first-order valence-electron chi connectivity index (χ1n) is 8.58. The number of pyridine rings is 1. The minimum atomic E-state index is -0.858. The minimum Gasteiger partial charge on any atom is -0.478 e. The van der Waals surface area contributed by atoms with Gasteiger partial charge in [-0.15, -0.1) is 0 Å². The summed E-state index contributed by atoms with van der Waals surface area (Å²) < 4.78 is 10.1. The van der Waals surface area contributed by atoms with Crippen LogP contribution < -0.4 is 10.1 Å². The van der Waals surface area contributed by atoms with Crippen LogP contribution in [0.3, 0.4) is 0 Å². The van der Waals surface area contributed by atoms with E-state index in [1.807, 2.05) is 13.8 Å². The number of hydrogen-bond acceptors (Lipinski definition) is 6. The maximum Gasteiger partial charge on any atom is 0.411 e. The summed E-state index contributed by atoms with van der Waals surface area (Å²) in [4.78, 5) is 30.1. The lowest BCUT2D eigenvalue weighted by atomic mass is 10.1. The van der Waals surface area contributed by atoms with Crippen LogP contribution in [0.5, 0.6) is 5.88 Å². The van der Waals surface area contributed by atoms with Gasteiger partial charge in [-0.05, 0) is 26.3 Å². The molecule has 2 heterocycles. The second-order valence-corrected chi connectivity index (χ2v) is 6.33. The van der Waals surface area contributed by atoms with Gasteiger partial charge in [-0.3, -0.25) is 10.2 Å². The molecule has 0 spiro atoms. The third kappa shape index (κ3) is 5.48. The molecule has 1 aromatic rings. The number of amides is 2. The van der Waals surface area contributed by atoms with Gasteiger partial charge in [0.2, 0.25) is 5.88 Å². The van der Waals surface area contributed by atoms with E-state index in [0.29, 0.717) is 31.3 Å². The van der Waals surface area contributed by atoms with Crippen molar-refractivity contribution in [3.05, 3.63) is 18.3 Å². The molecule has 2 N–H and O–H groups in total. The average Bonchev–Trinajstić information content (AvgIpc) is 2.61. The minimum absolute atomic E-state index is 0.177. The Kier molecular flexibility index (Phi) is 7.02. The van der Waals surface area contributed by atoms with Gasteiger partial charge in [0.05, 0.1) is 25.6 Å². The van der Waals surface area contributed by atoms with Gasteiger partial charge in [0.25, 0.3) is 0 Å². The maximum absolute atomic E-state index is 11.1. The molecule has 1 aliphatic rings. The summed E-state index contributed by atoms with van der Waals surface area (Å²) in [7, 11) is 1.30. The molecule has 0 saturated carbocycles. The molecule has 0 aliphatic carbocycles. The number of piperazine rings is 1. The number of carboxylic acid groups (broad SMARTS) is 1. The largest absolute Gasteiger partial charge is 0.478 e. The molecule has 144 valence electrons. The van der Waals surface area contributed by atoms with E-state index in [-0.39, 0.29) is 12.1 Å². The number of rotatable bonds is 6. The average molecular weight is 366 g/mol. The normalized spacial score (nSPS) is 20.5. The van der Waals surface area contributed by atoms with Crippen LogP contribution in [-0.4, -0.2) is 77.5 Å². The van der Waals surface area contributed by atoms with Gasteiger partial charge in [-0.25, -0.2) is 14.6 Å². The van der Waals surface area contributed by atoms with E-state index in [1.54, 1.807) is 12.1 Å². The number of aromatic nitrogens is 1.